The standard InChI is InChI=1S/C13H18N4O2S/c1-9-14-12(16-15-9)17-20(18,19)11-7-5-10(6-8-11)13(2,3)4/h5-8H,1-4H3,(H2,14,15,16,17). The molecule has 0 aliphatic carbocycles. The molecule has 1 heterocycles. The van der Waals surface area contributed by atoms with Crippen LogP contribution < -0.4 is 4.72 Å². The van der Waals surface area contributed by atoms with Crippen molar-refractivity contribution in [2.75, 3.05) is 4.72 Å². The lowest BCUT2D eigenvalue weighted by molar-refractivity contribution is 0.587. The zero-order valence-electron chi connectivity index (χ0n) is 11.9. The van der Waals surface area contributed by atoms with Gasteiger partial charge >= 0.3 is 0 Å². The van der Waals surface area contributed by atoms with Gasteiger partial charge in [0.25, 0.3) is 16.0 Å². The van der Waals surface area contributed by atoms with Gasteiger partial charge in [0, 0.05) is 0 Å². The van der Waals surface area contributed by atoms with Crippen molar-refractivity contribution in [3.63, 3.8) is 0 Å². The van der Waals surface area contributed by atoms with Crippen LogP contribution in [-0.4, -0.2) is 23.6 Å². The van der Waals surface area contributed by atoms with Crippen LogP contribution in [0.3, 0.4) is 0 Å². The van der Waals surface area contributed by atoms with Gasteiger partial charge in [-0.2, -0.15) is 4.98 Å². The van der Waals surface area contributed by atoms with Gasteiger partial charge in [0.15, 0.2) is 0 Å². The maximum Gasteiger partial charge on any atom is 0.264 e. The fraction of sp³-hybridized carbons (Fsp3) is 0.385. The number of hydrogen-bond acceptors (Lipinski definition) is 4. The minimum Gasteiger partial charge on any atom is -0.261 e. The molecule has 6 nitrogen and oxygen atoms in total. The van der Waals surface area contributed by atoms with Crippen molar-refractivity contribution in [1.82, 2.24) is 15.2 Å². The minimum absolute atomic E-state index is 0.0173. The second-order valence-electron chi connectivity index (χ2n) is 5.62. The highest BCUT2D eigenvalue weighted by atomic mass is 32.2. The van der Waals surface area contributed by atoms with Crippen LogP contribution >= 0.6 is 0 Å². The number of aromatic nitrogens is 3. The molecule has 0 fully saturated rings. The van der Waals surface area contributed by atoms with Crippen molar-refractivity contribution >= 4 is 16.0 Å². The highest BCUT2D eigenvalue weighted by molar-refractivity contribution is 7.92. The van der Waals surface area contributed by atoms with Crippen LogP contribution in [0, 0.1) is 6.92 Å². The van der Waals surface area contributed by atoms with Crippen molar-refractivity contribution in [1.29, 1.82) is 0 Å². The topological polar surface area (TPSA) is 87.7 Å². The lowest BCUT2D eigenvalue weighted by Crippen LogP contribution is -2.15. The van der Waals surface area contributed by atoms with Gasteiger partial charge in [-0.05, 0) is 30.0 Å². The Morgan fingerprint density at radius 3 is 2.20 bits per heavy atom. The van der Waals surface area contributed by atoms with E-state index in [0.29, 0.717) is 5.82 Å². The highest BCUT2D eigenvalue weighted by Gasteiger charge is 2.18. The zero-order chi connectivity index (χ0) is 15.0. The Labute approximate surface area is 118 Å². The largest absolute Gasteiger partial charge is 0.264 e. The van der Waals surface area contributed by atoms with Gasteiger partial charge in [-0.1, -0.05) is 32.9 Å². The molecule has 0 saturated heterocycles. The van der Waals surface area contributed by atoms with Crippen LogP contribution in [0.5, 0.6) is 0 Å². The number of hydrogen-bond donors (Lipinski definition) is 2. The Hall–Kier alpha value is -1.89. The molecular formula is C13H18N4O2S. The van der Waals surface area contributed by atoms with Crippen molar-refractivity contribution in [3.05, 3.63) is 35.7 Å². The van der Waals surface area contributed by atoms with E-state index in [-0.39, 0.29) is 16.3 Å². The first-order valence-corrected chi connectivity index (χ1v) is 7.69. The first-order valence-electron chi connectivity index (χ1n) is 6.21. The minimum atomic E-state index is -3.66. The lowest BCUT2D eigenvalue weighted by Gasteiger charge is -2.19. The van der Waals surface area contributed by atoms with Gasteiger partial charge in [0.05, 0.1) is 4.90 Å². The van der Waals surface area contributed by atoms with E-state index < -0.39 is 10.0 Å². The van der Waals surface area contributed by atoms with Gasteiger partial charge < -0.3 is 0 Å². The molecule has 2 rings (SSSR count). The third kappa shape index (κ3) is 3.16. The number of sulfonamides is 1. The predicted octanol–water partition coefficient (Wildman–Crippen LogP) is 2.21. The first-order chi connectivity index (χ1) is 9.18. The highest BCUT2D eigenvalue weighted by Crippen LogP contribution is 2.23. The Bertz CT molecular complexity index is 697. The molecule has 0 unspecified atom stereocenters. The van der Waals surface area contributed by atoms with Crippen LogP contribution in [-0.2, 0) is 15.4 Å². The number of nitrogens with one attached hydrogen (secondary N) is 2. The van der Waals surface area contributed by atoms with Crippen molar-refractivity contribution < 1.29 is 8.42 Å². The van der Waals surface area contributed by atoms with Crippen LogP contribution in [0.25, 0.3) is 0 Å². The van der Waals surface area contributed by atoms with Gasteiger partial charge in [0.1, 0.15) is 5.82 Å². The van der Waals surface area contributed by atoms with Crippen molar-refractivity contribution in [3.8, 4) is 0 Å². The van der Waals surface area contributed by atoms with E-state index in [1.54, 1.807) is 19.1 Å². The molecule has 0 saturated carbocycles. The smallest absolute Gasteiger partial charge is 0.261 e. The van der Waals surface area contributed by atoms with Crippen molar-refractivity contribution in [2.24, 2.45) is 0 Å². The summed E-state index contributed by atoms with van der Waals surface area (Å²) in [5, 5.41) is 6.34. The number of anilines is 1. The molecule has 1 aromatic heterocycles. The maximum absolute atomic E-state index is 12.2. The summed E-state index contributed by atoms with van der Waals surface area (Å²) in [6, 6.07) is 6.81. The summed E-state index contributed by atoms with van der Waals surface area (Å²) in [4.78, 5) is 4.11. The molecular weight excluding hydrogens is 276 g/mol. The quantitative estimate of drug-likeness (QED) is 0.908. The third-order valence-corrected chi connectivity index (χ3v) is 4.20. The molecule has 108 valence electrons. The Balaban J connectivity index is 2.26. The van der Waals surface area contributed by atoms with E-state index in [1.807, 2.05) is 12.1 Å². The SMILES string of the molecule is Cc1nc(NS(=O)(=O)c2ccc(C(C)(C)C)cc2)n[nH]1. The zero-order valence-corrected chi connectivity index (χ0v) is 12.7. The van der Waals surface area contributed by atoms with Gasteiger partial charge in [-0.3, -0.25) is 5.10 Å². The number of rotatable bonds is 3. The Kier molecular flexibility index (Phi) is 3.56. The van der Waals surface area contributed by atoms with E-state index in [4.69, 9.17) is 0 Å². The van der Waals surface area contributed by atoms with Crippen LogP contribution in [0.1, 0.15) is 32.2 Å². The maximum atomic E-state index is 12.2. The van der Waals surface area contributed by atoms with E-state index in [2.05, 4.69) is 40.7 Å². The van der Waals surface area contributed by atoms with Crippen LogP contribution in [0.2, 0.25) is 0 Å². The van der Waals surface area contributed by atoms with Crippen molar-refractivity contribution in [2.45, 2.75) is 38.0 Å². The number of aromatic amines is 1. The molecule has 7 heteroatoms. The number of nitrogens with zero attached hydrogens (tertiary/aromatic N) is 2. The summed E-state index contributed by atoms with van der Waals surface area (Å²) < 4.78 is 26.7. The summed E-state index contributed by atoms with van der Waals surface area (Å²) in [5.41, 5.74) is 1.06. The molecule has 0 amide bonds. The molecule has 0 bridgehead atoms. The second-order valence-corrected chi connectivity index (χ2v) is 7.31. The van der Waals surface area contributed by atoms with E-state index in [9.17, 15) is 8.42 Å². The number of H-pyrrole nitrogens is 1. The molecule has 20 heavy (non-hydrogen) atoms. The fourth-order valence-electron chi connectivity index (χ4n) is 1.70. The molecule has 0 aliphatic heterocycles. The molecule has 0 spiro atoms. The summed E-state index contributed by atoms with van der Waals surface area (Å²) >= 11 is 0. The number of benzene rings is 1. The Morgan fingerprint density at radius 1 is 1.15 bits per heavy atom. The number of aryl methyl sites for hydroxylation is 1. The van der Waals surface area contributed by atoms with Gasteiger partial charge in [-0.15, -0.1) is 5.10 Å². The summed E-state index contributed by atoms with van der Waals surface area (Å²) in [5.74, 6) is 0.591. The normalized spacial score (nSPS) is 12.4. The predicted molar refractivity (Wildman–Crippen MR) is 77.1 cm³/mol. The van der Waals surface area contributed by atoms with Crippen LogP contribution in [0.15, 0.2) is 29.2 Å². The molecule has 2 aromatic rings. The molecule has 0 aliphatic rings. The van der Waals surface area contributed by atoms with E-state index >= 15 is 0 Å². The van der Waals surface area contributed by atoms with E-state index in [0.717, 1.165) is 5.56 Å². The molecule has 1 aromatic carbocycles. The fourth-order valence-corrected chi connectivity index (χ4v) is 2.65. The lowest BCUT2D eigenvalue weighted by atomic mass is 9.87. The summed E-state index contributed by atoms with van der Waals surface area (Å²) in [6.07, 6.45) is 0. The molecule has 2 N–H and O–H groups in total. The second kappa shape index (κ2) is 4.90. The molecule has 0 atom stereocenters. The van der Waals surface area contributed by atoms with Gasteiger partial charge in [-0.25, -0.2) is 13.1 Å². The van der Waals surface area contributed by atoms with E-state index in [1.165, 1.54) is 0 Å². The average molecular weight is 294 g/mol. The average Bonchev–Trinajstić information content (AvgIpc) is 2.73. The summed E-state index contributed by atoms with van der Waals surface area (Å²) in [7, 11) is -3.66. The van der Waals surface area contributed by atoms with Crippen LogP contribution in [0.4, 0.5) is 5.95 Å². The molecule has 0 radical (unpaired) electrons. The first kappa shape index (κ1) is 14.5. The Morgan fingerprint density at radius 2 is 1.75 bits per heavy atom. The monoisotopic (exact) mass is 294 g/mol. The third-order valence-electron chi connectivity index (χ3n) is 2.85. The van der Waals surface area contributed by atoms with Gasteiger partial charge in [0.2, 0.25) is 0 Å². The summed E-state index contributed by atoms with van der Waals surface area (Å²) in [6.45, 7) is 7.92.